The van der Waals surface area contributed by atoms with Gasteiger partial charge in [-0.1, -0.05) is 0 Å². The highest BCUT2D eigenvalue weighted by atomic mass is 32.2. The number of carbonyl (C=O) groups excluding carboxylic acids is 1. The highest BCUT2D eigenvalue weighted by Crippen LogP contribution is 2.37. The number of fused-ring (bicyclic) bond motifs is 1. The first-order valence-corrected chi connectivity index (χ1v) is 12.1. The van der Waals surface area contributed by atoms with E-state index in [4.69, 9.17) is 9.47 Å². The van der Waals surface area contributed by atoms with Gasteiger partial charge in [0, 0.05) is 37.1 Å². The summed E-state index contributed by atoms with van der Waals surface area (Å²) in [7, 11) is 0. The molecule has 34 heavy (non-hydrogen) atoms. The first-order chi connectivity index (χ1) is 16.5. The molecule has 0 radical (unpaired) electrons. The molecule has 3 aromatic rings. The number of nitrogens with one attached hydrogen (secondary N) is 2. The summed E-state index contributed by atoms with van der Waals surface area (Å²) in [5.41, 5.74) is 2.35. The van der Waals surface area contributed by atoms with Gasteiger partial charge in [-0.15, -0.1) is 11.8 Å². The molecule has 0 spiro atoms. The SMILES string of the molecule is O=C1CSc2ccc(CNC3COC(CC4Cn5c(=O)ccc6ncc(F)c4c65)OC3)nc2N1. The maximum absolute atomic E-state index is 14.6. The Morgan fingerprint density at radius 3 is 2.91 bits per heavy atom. The molecule has 3 aliphatic rings. The standard InChI is InChI=1S/C23H22FN5O4S/c24-15-7-26-16-2-4-19(31)29-8-12(21(15)22(16)29)5-20-32-9-14(10-33-20)25-6-13-1-3-17-23(27-13)28-18(30)11-34-17/h1-4,7,12,14,20,25H,5-6,8-11H2,(H,27,28,30). The minimum atomic E-state index is -0.482. The van der Waals surface area contributed by atoms with E-state index in [9.17, 15) is 14.0 Å². The molecule has 3 aromatic heterocycles. The van der Waals surface area contributed by atoms with E-state index in [2.05, 4.69) is 20.6 Å². The minimum absolute atomic E-state index is 0.0224. The van der Waals surface area contributed by atoms with Crippen LogP contribution in [0, 0.1) is 5.82 Å². The van der Waals surface area contributed by atoms with E-state index >= 15 is 0 Å². The first kappa shape index (κ1) is 21.7. The lowest BCUT2D eigenvalue weighted by Gasteiger charge is -2.31. The van der Waals surface area contributed by atoms with Gasteiger partial charge < -0.3 is 24.7 Å². The van der Waals surface area contributed by atoms with Crippen molar-refractivity contribution in [3.05, 3.63) is 57.9 Å². The van der Waals surface area contributed by atoms with Gasteiger partial charge in [-0.3, -0.25) is 14.6 Å². The van der Waals surface area contributed by atoms with Crippen LogP contribution < -0.4 is 16.2 Å². The molecule has 6 rings (SSSR count). The molecule has 6 heterocycles. The second-order valence-corrected chi connectivity index (χ2v) is 9.65. The number of anilines is 1. The zero-order valence-electron chi connectivity index (χ0n) is 18.1. The molecule has 0 saturated carbocycles. The zero-order chi connectivity index (χ0) is 23.2. The van der Waals surface area contributed by atoms with Crippen molar-refractivity contribution in [3.63, 3.8) is 0 Å². The summed E-state index contributed by atoms with van der Waals surface area (Å²) in [5, 5.41) is 6.17. The van der Waals surface area contributed by atoms with Crippen LogP contribution in [0.15, 0.2) is 40.2 Å². The number of aromatic nitrogens is 3. The van der Waals surface area contributed by atoms with Crippen molar-refractivity contribution in [2.75, 3.05) is 24.3 Å². The maximum Gasteiger partial charge on any atom is 0.251 e. The van der Waals surface area contributed by atoms with Crippen LogP contribution in [0.25, 0.3) is 11.0 Å². The summed E-state index contributed by atoms with van der Waals surface area (Å²) in [6, 6.07) is 6.98. The molecule has 1 atom stereocenters. The number of ether oxygens (including phenoxy) is 2. The Balaban J connectivity index is 1.06. The van der Waals surface area contributed by atoms with Crippen molar-refractivity contribution in [1.29, 1.82) is 0 Å². The van der Waals surface area contributed by atoms with Crippen LogP contribution in [0.4, 0.5) is 10.2 Å². The van der Waals surface area contributed by atoms with Gasteiger partial charge in [0.1, 0.15) is 11.6 Å². The monoisotopic (exact) mass is 483 g/mol. The van der Waals surface area contributed by atoms with E-state index in [1.807, 2.05) is 12.1 Å². The minimum Gasteiger partial charge on any atom is -0.351 e. The fourth-order valence-electron chi connectivity index (χ4n) is 4.72. The topological polar surface area (TPSA) is 107 Å². The van der Waals surface area contributed by atoms with Crippen molar-refractivity contribution in [2.45, 2.75) is 42.7 Å². The number of hydrogen-bond donors (Lipinski definition) is 2. The van der Waals surface area contributed by atoms with Crippen LogP contribution in [-0.2, 0) is 27.4 Å². The molecule has 0 aromatic carbocycles. The van der Waals surface area contributed by atoms with Crippen molar-refractivity contribution in [3.8, 4) is 0 Å². The van der Waals surface area contributed by atoms with Crippen molar-refractivity contribution in [2.24, 2.45) is 0 Å². The molecule has 176 valence electrons. The Morgan fingerprint density at radius 2 is 2.06 bits per heavy atom. The van der Waals surface area contributed by atoms with Gasteiger partial charge >= 0.3 is 0 Å². The first-order valence-electron chi connectivity index (χ1n) is 11.1. The molecule has 1 saturated heterocycles. The third kappa shape index (κ3) is 3.98. The second-order valence-electron chi connectivity index (χ2n) is 8.63. The van der Waals surface area contributed by atoms with E-state index in [-0.39, 0.29) is 23.4 Å². The lowest BCUT2D eigenvalue weighted by molar-refractivity contribution is -0.194. The molecule has 2 N–H and O–H groups in total. The van der Waals surface area contributed by atoms with Crippen LogP contribution in [0.5, 0.6) is 0 Å². The van der Waals surface area contributed by atoms with E-state index < -0.39 is 12.1 Å². The lowest BCUT2D eigenvalue weighted by atomic mass is 9.97. The molecular formula is C23H22FN5O4S. The van der Waals surface area contributed by atoms with E-state index in [0.717, 1.165) is 10.6 Å². The Kier molecular flexibility index (Phi) is 5.56. The molecular weight excluding hydrogens is 461 g/mol. The van der Waals surface area contributed by atoms with Crippen molar-refractivity contribution in [1.82, 2.24) is 19.9 Å². The third-order valence-corrected chi connectivity index (χ3v) is 7.40. The van der Waals surface area contributed by atoms with Gasteiger partial charge in [0.2, 0.25) is 5.91 Å². The Bertz CT molecular complexity index is 1340. The van der Waals surface area contributed by atoms with Crippen molar-refractivity contribution >= 4 is 34.5 Å². The fourth-order valence-corrected chi connectivity index (χ4v) is 5.48. The zero-order valence-corrected chi connectivity index (χ0v) is 18.9. The molecule has 0 aliphatic carbocycles. The van der Waals surface area contributed by atoms with Crippen LogP contribution in [0.1, 0.15) is 23.6 Å². The second kappa shape index (κ2) is 8.73. The van der Waals surface area contributed by atoms with Gasteiger partial charge in [0.05, 0.1) is 52.8 Å². The quantitative estimate of drug-likeness (QED) is 0.568. The number of rotatable bonds is 5. The predicted molar refractivity (Wildman–Crippen MR) is 123 cm³/mol. The number of thioether (sulfide) groups is 1. The van der Waals surface area contributed by atoms with Gasteiger partial charge in [-0.25, -0.2) is 9.37 Å². The van der Waals surface area contributed by atoms with Gasteiger partial charge in [-0.05, 0) is 18.2 Å². The van der Waals surface area contributed by atoms with Crippen LogP contribution >= 0.6 is 11.8 Å². The molecule has 0 bridgehead atoms. The summed E-state index contributed by atoms with van der Waals surface area (Å²) in [6.07, 6.45) is 1.18. The Labute approximate surface area is 198 Å². The highest BCUT2D eigenvalue weighted by molar-refractivity contribution is 8.00. The van der Waals surface area contributed by atoms with E-state index in [1.165, 1.54) is 24.0 Å². The molecule has 1 fully saturated rings. The molecule has 1 unspecified atom stereocenters. The number of nitrogens with zero attached hydrogens (tertiary/aromatic N) is 3. The summed E-state index contributed by atoms with van der Waals surface area (Å²) in [5.74, 6) is 0.343. The molecule has 3 aliphatic heterocycles. The van der Waals surface area contributed by atoms with Crippen LogP contribution in [0.3, 0.4) is 0 Å². The number of amides is 1. The number of carbonyl (C=O) groups is 1. The van der Waals surface area contributed by atoms with Gasteiger partial charge in [0.15, 0.2) is 6.29 Å². The highest BCUT2D eigenvalue weighted by Gasteiger charge is 2.33. The number of halogens is 1. The van der Waals surface area contributed by atoms with E-state index in [0.29, 0.717) is 60.9 Å². The number of pyridine rings is 3. The normalized spacial score (nSPS) is 23.7. The third-order valence-electron chi connectivity index (χ3n) is 6.35. The van der Waals surface area contributed by atoms with Gasteiger partial charge in [-0.2, -0.15) is 0 Å². The average Bonchev–Trinajstić information content (AvgIpc) is 3.23. The van der Waals surface area contributed by atoms with E-state index in [1.54, 1.807) is 10.6 Å². The average molecular weight is 484 g/mol. The molecule has 1 amide bonds. The summed E-state index contributed by atoms with van der Waals surface area (Å²) in [4.78, 5) is 33.5. The number of hydrogen-bond acceptors (Lipinski definition) is 8. The predicted octanol–water partition coefficient (Wildman–Crippen LogP) is 1.99. The van der Waals surface area contributed by atoms with Crippen LogP contribution in [-0.4, -0.2) is 51.7 Å². The summed E-state index contributed by atoms with van der Waals surface area (Å²) < 4.78 is 28.1. The Morgan fingerprint density at radius 1 is 1.21 bits per heavy atom. The summed E-state index contributed by atoms with van der Waals surface area (Å²) >= 11 is 1.48. The summed E-state index contributed by atoms with van der Waals surface area (Å²) in [6.45, 7) is 1.78. The smallest absolute Gasteiger partial charge is 0.251 e. The fraction of sp³-hybridized carbons (Fsp3) is 0.391. The van der Waals surface area contributed by atoms with Crippen LogP contribution in [0.2, 0.25) is 0 Å². The maximum atomic E-state index is 14.6. The molecule has 9 nitrogen and oxygen atoms in total. The van der Waals surface area contributed by atoms with Gasteiger partial charge in [0.25, 0.3) is 5.56 Å². The molecule has 11 heteroatoms. The lowest BCUT2D eigenvalue weighted by Crippen LogP contribution is -2.44. The van der Waals surface area contributed by atoms with Crippen molar-refractivity contribution < 1.29 is 18.7 Å². The Hall–Kier alpha value is -2.86. The largest absolute Gasteiger partial charge is 0.351 e.